The number of ether oxygens (including phenoxy) is 2. The molecule has 7 nitrogen and oxygen atoms in total. The normalized spacial score (nSPS) is 17.2. The molecule has 1 aliphatic rings. The number of carbonyl (C=O) groups excluding carboxylic acids is 3. The number of nitrogens with one attached hydrogen (secondary N) is 1. The molecule has 134 valence electrons. The van der Waals surface area contributed by atoms with Crippen LogP contribution in [0.2, 0.25) is 0 Å². The van der Waals surface area contributed by atoms with Gasteiger partial charge in [0.05, 0.1) is 31.4 Å². The minimum Gasteiger partial charge on any atom is -0.466 e. The van der Waals surface area contributed by atoms with Gasteiger partial charge in [-0.3, -0.25) is 0 Å². The van der Waals surface area contributed by atoms with Crippen molar-refractivity contribution in [3.05, 3.63) is 46.7 Å². The van der Waals surface area contributed by atoms with Gasteiger partial charge >= 0.3 is 18.0 Å². The van der Waals surface area contributed by atoms with Crippen molar-refractivity contribution in [2.24, 2.45) is 0 Å². The van der Waals surface area contributed by atoms with Crippen molar-refractivity contribution in [1.29, 1.82) is 0 Å². The lowest BCUT2D eigenvalue weighted by atomic mass is 9.92. The van der Waals surface area contributed by atoms with E-state index in [9.17, 15) is 14.4 Å². The van der Waals surface area contributed by atoms with Crippen molar-refractivity contribution in [3.63, 3.8) is 0 Å². The number of hydrogen-bond acceptors (Lipinski definition) is 5. The van der Waals surface area contributed by atoms with Crippen LogP contribution < -0.4 is 5.32 Å². The predicted molar refractivity (Wildman–Crippen MR) is 90.8 cm³/mol. The third kappa shape index (κ3) is 3.65. The molecule has 2 rings (SSSR count). The minimum atomic E-state index is -0.635. The Labute approximate surface area is 146 Å². The molecule has 0 spiro atoms. The van der Waals surface area contributed by atoms with E-state index in [1.165, 1.54) is 19.1 Å². The summed E-state index contributed by atoms with van der Waals surface area (Å²) < 4.78 is 9.61. The molecule has 0 fully saturated rings. The zero-order valence-electron chi connectivity index (χ0n) is 14.8. The Kier molecular flexibility index (Phi) is 5.80. The number of urea groups is 1. The number of hydrogen-bond donors (Lipinski definition) is 1. The predicted octanol–water partition coefficient (Wildman–Crippen LogP) is 2.40. The molecule has 2 amide bonds. The molecular weight excluding hydrogens is 324 g/mol. The smallest absolute Gasteiger partial charge is 0.337 e. The molecule has 0 aromatic heterocycles. The van der Waals surface area contributed by atoms with Gasteiger partial charge in [-0.1, -0.05) is 25.5 Å². The second-order valence-electron chi connectivity index (χ2n) is 5.66. The Morgan fingerprint density at radius 3 is 2.24 bits per heavy atom. The van der Waals surface area contributed by atoms with Crippen LogP contribution in [0.15, 0.2) is 35.5 Å². The molecule has 0 saturated carbocycles. The average Bonchev–Trinajstić information content (AvgIpc) is 2.64. The summed E-state index contributed by atoms with van der Waals surface area (Å²) in [6, 6.07) is 5.65. The number of esters is 2. The van der Waals surface area contributed by atoms with Gasteiger partial charge in [0.1, 0.15) is 0 Å². The first-order valence-corrected chi connectivity index (χ1v) is 7.98. The van der Waals surface area contributed by atoms with Gasteiger partial charge in [-0.05, 0) is 24.1 Å². The summed E-state index contributed by atoms with van der Waals surface area (Å²) in [5.41, 5.74) is 2.11. The van der Waals surface area contributed by atoms with Gasteiger partial charge in [0.2, 0.25) is 0 Å². The first-order chi connectivity index (χ1) is 11.9. The zero-order chi connectivity index (χ0) is 18.6. The summed E-state index contributed by atoms with van der Waals surface area (Å²) >= 11 is 0. The number of benzene rings is 1. The monoisotopic (exact) mass is 346 g/mol. The fourth-order valence-electron chi connectivity index (χ4n) is 2.83. The summed E-state index contributed by atoms with van der Waals surface area (Å²) in [6.45, 7) is 1.97. The van der Waals surface area contributed by atoms with Gasteiger partial charge in [-0.15, -0.1) is 0 Å². The maximum Gasteiger partial charge on any atom is 0.337 e. The minimum absolute atomic E-state index is 0.293. The molecule has 0 bridgehead atoms. The van der Waals surface area contributed by atoms with Crippen LogP contribution in [-0.4, -0.2) is 44.1 Å². The van der Waals surface area contributed by atoms with E-state index in [0.29, 0.717) is 28.8 Å². The number of methoxy groups -OCH3 is 2. The maximum atomic E-state index is 12.4. The van der Waals surface area contributed by atoms with Crippen LogP contribution in [0.4, 0.5) is 4.79 Å². The summed E-state index contributed by atoms with van der Waals surface area (Å²) in [5.74, 6) is -0.938. The van der Waals surface area contributed by atoms with Crippen molar-refractivity contribution in [2.45, 2.75) is 25.8 Å². The fraction of sp³-hybridized carbons (Fsp3) is 0.389. The first kappa shape index (κ1) is 18.5. The van der Waals surface area contributed by atoms with Crippen LogP contribution in [0.25, 0.3) is 0 Å². The van der Waals surface area contributed by atoms with Crippen molar-refractivity contribution >= 4 is 18.0 Å². The lowest BCUT2D eigenvalue weighted by molar-refractivity contribution is -0.136. The largest absolute Gasteiger partial charge is 0.466 e. The molecule has 0 saturated heterocycles. The fourth-order valence-corrected chi connectivity index (χ4v) is 2.83. The summed E-state index contributed by atoms with van der Waals surface area (Å²) in [5, 5.41) is 2.81. The van der Waals surface area contributed by atoms with E-state index in [0.717, 1.165) is 6.42 Å². The third-order valence-corrected chi connectivity index (χ3v) is 4.13. The molecule has 1 aliphatic heterocycles. The van der Waals surface area contributed by atoms with Crippen LogP contribution in [0.5, 0.6) is 0 Å². The van der Waals surface area contributed by atoms with Crippen molar-refractivity contribution < 1.29 is 23.9 Å². The summed E-state index contributed by atoms with van der Waals surface area (Å²) in [6.07, 6.45) is 1.35. The third-order valence-electron chi connectivity index (χ3n) is 4.13. The van der Waals surface area contributed by atoms with Crippen molar-refractivity contribution in [2.75, 3.05) is 21.3 Å². The van der Waals surface area contributed by atoms with Gasteiger partial charge in [0.25, 0.3) is 0 Å². The van der Waals surface area contributed by atoms with E-state index in [1.54, 1.807) is 31.3 Å². The molecule has 1 heterocycles. The zero-order valence-corrected chi connectivity index (χ0v) is 14.8. The summed E-state index contributed by atoms with van der Waals surface area (Å²) in [7, 11) is 4.25. The molecule has 0 radical (unpaired) electrons. The standard InChI is InChI=1S/C18H22N2O5/c1-5-6-13-14(17(22)25-4)15(19-18(23)20(13)2)11-7-9-12(10-8-11)16(21)24-3/h7-10,15H,5-6H2,1-4H3,(H,19,23). The highest BCUT2D eigenvalue weighted by Gasteiger charge is 2.36. The Hall–Kier alpha value is -2.83. The Morgan fingerprint density at radius 2 is 1.72 bits per heavy atom. The average molecular weight is 346 g/mol. The number of amides is 2. The molecule has 1 N–H and O–H groups in total. The van der Waals surface area contributed by atoms with Gasteiger partial charge in [0.15, 0.2) is 0 Å². The highest BCUT2D eigenvalue weighted by Crippen LogP contribution is 2.32. The Bertz CT molecular complexity index is 709. The highest BCUT2D eigenvalue weighted by molar-refractivity contribution is 5.95. The number of carbonyl (C=O) groups is 3. The van der Waals surface area contributed by atoms with E-state index in [2.05, 4.69) is 10.1 Å². The highest BCUT2D eigenvalue weighted by atomic mass is 16.5. The van der Waals surface area contributed by atoms with Crippen LogP contribution in [0, 0.1) is 0 Å². The van der Waals surface area contributed by atoms with Gasteiger partial charge < -0.3 is 19.7 Å². The maximum absolute atomic E-state index is 12.4. The van der Waals surface area contributed by atoms with Crippen molar-refractivity contribution in [3.8, 4) is 0 Å². The first-order valence-electron chi connectivity index (χ1n) is 7.98. The van der Waals surface area contributed by atoms with Crippen molar-refractivity contribution in [1.82, 2.24) is 10.2 Å². The molecular formula is C18H22N2O5. The molecule has 25 heavy (non-hydrogen) atoms. The van der Waals surface area contributed by atoms with Gasteiger partial charge in [-0.25, -0.2) is 14.4 Å². The molecule has 1 aromatic carbocycles. The Morgan fingerprint density at radius 1 is 1.12 bits per heavy atom. The SMILES string of the molecule is CCCC1=C(C(=O)OC)C(c2ccc(C(=O)OC)cc2)NC(=O)N1C. The lowest BCUT2D eigenvalue weighted by Crippen LogP contribution is -2.46. The lowest BCUT2D eigenvalue weighted by Gasteiger charge is -2.34. The second-order valence-corrected chi connectivity index (χ2v) is 5.66. The Balaban J connectivity index is 2.51. The quantitative estimate of drug-likeness (QED) is 0.828. The van der Waals surface area contributed by atoms with Crippen LogP contribution in [0.3, 0.4) is 0 Å². The number of allylic oxidation sites excluding steroid dienone is 1. The van der Waals surface area contributed by atoms with Crippen LogP contribution in [0.1, 0.15) is 41.7 Å². The summed E-state index contributed by atoms with van der Waals surface area (Å²) in [4.78, 5) is 37.7. The molecule has 7 heteroatoms. The van der Waals surface area contributed by atoms with E-state index in [-0.39, 0.29) is 6.03 Å². The molecule has 1 atom stereocenters. The van der Waals surface area contributed by atoms with Gasteiger partial charge in [0, 0.05) is 12.7 Å². The van der Waals surface area contributed by atoms with E-state index < -0.39 is 18.0 Å². The molecule has 1 aromatic rings. The van der Waals surface area contributed by atoms with Gasteiger partial charge in [-0.2, -0.15) is 0 Å². The number of rotatable bonds is 5. The number of nitrogens with zero attached hydrogens (tertiary/aromatic N) is 1. The second kappa shape index (κ2) is 7.83. The van der Waals surface area contributed by atoms with E-state index in [4.69, 9.17) is 4.74 Å². The van der Waals surface area contributed by atoms with Crippen LogP contribution >= 0.6 is 0 Å². The molecule has 0 aliphatic carbocycles. The molecule has 1 unspecified atom stereocenters. The van der Waals surface area contributed by atoms with Crippen LogP contribution in [-0.2, 0) is 14.3 Å². The topological polar surface area (TPSA) is 84.9 Å². The van der Waals surface area contributed by atoms with E-state index in [1.807, 2.05) is 6.92 Å². The van der Waals surface area contributed by atoms with E-state index >= 15 is 0 Å².